The number of hydrogen-bond donors (Lipinski definition) is 1. The van der Waals surface area contributed by atoms with Crippen LogP contribution in [-0.4, -0.2) is 15.9 Å². The molecule has 1 atom stereocenters. The molecule has 0 saturated carbocycles. The molecule has 3 aromatic carbocycles. The monoisotopic (exact) mass is 395 g/mol. The first kappa shape index (κ1) is 18.3. The Morgan fingerprint density at radius 1 is 0.967 bits per heavy atom. The molecule has 5 heteroatoms. The van der Waals surface area contributed by atoms with Crippen molar-refractivity contribution in [3.8, 4) is 0 Å². The number of carbonyl (C=O) groups excluding carboxylic acids is 1. The first-order chi connectivity index (χ1) is 14.6. The molecule has 1 N–H and O–H groups in total. The minimum atomic E-state index is -0.368. The number of anilines is 1. The van der Waals surface area contributed by atoms with Crippen molar-refractivity contribution in [3.63, 3.8) is 0 Å². The number of aromatic amines is 1. The molecule has 0 aliphatic carbocycles. The van der Waals surface area contributed by atoms with Gasteiger partial charge in [0.1, 0.15) is 5.82 Å². The molecule has 30 heavy (non-hydrogen) atoms. The number of rotatable bonds is 4. The van der Waals surface area contributed by atoms with E-state index in [1.54, 1.807) is 6.07 Å². The van der Waals surface area contributed by atoms with Gasteiger partial charge in [-0.05, 0) is 36.2 Å². The maximum absolute atomic E-state index is 13.4. The lowest BCUT2D eigenvalue weighted by molar-refractivity contribution is -0.119. The van der Waals surface area contributed by atoms with E-state index < -0.39 is 0 Å². The second-order valence-electron chi connectivity index (χ2n) is 7.76. The Balaban J connectivity index is 1.53. The molecule has 1 amide bonds. The SMILES string of the molecule is Cc1ccc2c(c1)C(Cc1nc3ccccc3c(=O)[nH]1)C(=O)N2Cc1ccccc1. The summed E-state index contributed by atoms with van der Waals surface area (Å²) >= 11 is 0. The van der Waals surface area contributed by atoms with Gasteiger partial charge in [0.15, 0.2) is 0 Å². The van der Waals surface area contributed by atoms with E-state index in [-0.39, 0.29) is 17.4 Å². The van der Waals surface area contributed by atoms with Crippen molar-refractivity contribution < 1.29 is 4.79 Å². The number of amides is 1. The van der Waals surface area contributed by atoms with E-state index in [4.69, 9.17) is 0 Å². The number of benzene rings is 3. The molecule has 1 aliphatic rings. The summed E-state index contributed by atoms with van der Waals surface area (Å²) in [5.41, 5.74) is 4.58. The summed E-state index contributed by atoms with van der Waals surface area (Å²) in [7, 11) is 0. The topological polar surface area (TPSA) is 66.1 Å². The fourth-order valence-corrected chi connectivity index (χ4v) is 4.19. The normalized spacial score (nSPS) is 15.6. The Morgan fingerprint density at radius 2 is 1.73 bits per heavy atom. The minimum Gasteiger partial charge on any atom is -0.310 e. The molecule has 0 radical (unpaired) electrons. The van der Waals surface area contributed by atoms with Gasteiger partial charge in [0, 0.05) is 12.1 Å². The van der Waals surface area contributed by atoms with E-state index in [2.05, 4.69) is 16.0 Å². The summed E-state index contributed by atoms with van der Waals surface area (Å²) in [5, 5.41) is 0.556. The largest absolute Gasteiger partial charge is 0.310 e. The molecular weight excluding hydrogens is 374 g/mol. The predicted molar refractivity (Wildman–Crippen MR) is 118 cm³/mol. The number of fused-ring (bicyclic) bond motifs is 2. The van der Waals surface area contributed by atoms with Crippen molar-refractivity contribution in [2.24, 2.45) is 0 Å². The van der Waals surface area contributed by atoms with Gasteiger partial charge in [-0.3, -0.25) is 9.59 Å². The van der Waals surface area contributed by atoms with Crippen LogP contribution in [0.4, 0.5) is 5.69 Å². The van der Waals surface area contributed by atoms with Crippen LogP contribution < -0.4 is 10.5 Å². The second-order valence-corrected chi connectivity index (χ2v) is 7.76. The maximum Gasteiger partial charge on any atom is 0.258 e. The lowest BCUT2D eigenvalue weighted by atomic mass is 9.95. The Labute approximate surface area is 174 Å². The molecule has 0 bridgehead atoms. The maximum atomic E-state index is 13.4. The Morgan fingerprint density at radius 3 is 2.57 bits per heavy atom. The van der Waals surface area contributed by atoms with Crippen LogP contribution in [0, 0.1) is 6.92 Å². The second kappa shape index (κ2) is 7.26. The standard InChI is InChI=1S/C25H21N3O2/c1-16-11-12-22-19(13-16)20(25(30)28(22)15-17-7-3-2-4-8-17)14-23-26-21-10-6-5-9-18(21)24(29)27-23/h2-13,20H,14-15H2,1H3,(H,26,27,29). The molecule has 2 heterocycles. The van der Waals surface area contributed by atoms with Crippen LogP contribution in [0.3, 0.4) is 0 Å². The Hall–Kier alpha value is -3.73. The smallest absolute Gasteiger partial charge is 0.258 e. The van der Waals surface area contributed by atoms with E-state index in [0.717, 1.165) is 22.4 Å². The van der Waals surface area contributed by atoms with Gasteiger partial charge in [-0.25, -0.2) is 4.98 Å². The number of H-pyrrole nitrogens is 1. The van der Waals surface area contributed by atoms with Gasteiger partial charge in [-0.1, -0.05) is 60.2 Å². The van der Waals surface area contributed by atoms with Gasteiger partial charge in [-0.2, -0.15) is 0 Å². The Kier molecular flexibility index (Phi) is 4.43. The quantitative estimate of drug-likeness (QED) is 0.566. The molecule has 0 spiro atoms. The van der Waals surface area contributed by atoms with Crippen LogP contribution in [0.25, 0.3) is 10.9 Å². The number of aryl methyl sites for hydroxylation is 1. The molecule has 0 saturated heterocycles. The average Bonchev–Trinajstić information content (AvgIpc) is 3.00. The minimum absolute atomic E-state index is 0.0373. The van der Waals surface area contributed by atoms with E-state index in [9.17, 15) is 9.59 Å². The van der Waals surface area contributed by atoms with Crippen LogP contribution in [-0.2, 0) is 17.8 Å². The third-order valence-electron chi connectivity index (χ3n) is 5.66. The van der Waals surface area contributed by atoms with Gasteiger partial charge in [-0.15, -0.1) is 0 Å². The molecule has 1 aromatic heterocycles. The molecule has 1 aliphatic heterocycles. The summed E-state index contributed by atoms with van der Waals surface area (Å²) in [6.07, 6.45) is 0.362. The van der Waals surface area contributed by atoms with Crippen molar-refractivity contribution in [2.45, 2.75) is 25.8 Å². The molecule has 148 valence electrons. The third kappa shape index (κ3) is 3.18. The van der Waals surface area contributed by atoms with Gasteiger partial charge >= 0.3 is 0 Å². The first-order valence-electron chi connectivity index (χ1n) is 10.0. The highest BCUT2D eigenvalue weighted by atomic mass is 16.2. The highest BCUT2D eigenvalue weighted by Gasteiger charge is 2.37. The van der Waals surface area contributed by atoms with Crippen LogP contribution in [0.15, 0.2) is 77.6 Å². The highest BCUT2D eigenvalue weighted by Crippen LogP contribution is 2.40. The molecular formula is C25H21N3O2. The molecule has 1 unspecified atom stereocenters. The average molecular weight is 395 g/mol. The third-order valence-corrected chi connectivity index (χ3v) is 5.66. The first-order valence-corrected chi connectivity index (χ1v) is 10.0. The number of nitrogens with one attached hydrogen (secondary N) is 1. The highest BCUT2D eigenvalue weighted by molar-refractivity contribution is 6.05. The van der Waals surface area contributed by atoms with Gasteiger partial charge in [0.05, 0.1) is 23.4 Å². The van der Waals surface area contributed by atoms with Crippen LogP contribution in [0.1, 0.15) is 28.4 Å². The van der Waals surface area contributed by atoms with Crippen molar-refractivity contribution in [3.05, 3.63) is 106 Å². The Bertz CT molecular complexity index is 1310. The zero-order chi connectivity index (χ0) is 20.7. The van der Waals surface area contributed by atoms with Gasteiger partial charge < -0.3 is 9.88 Å². The number of nitrogens with zero attached hydrogens (tertiary/aromatic N) is 2. The summed E-state index contributed by atoms with van der Waals surface area (Å²) in [6.45, 7) is 2.55. The van der Waals surface area contributed by atoms with E-state index in [1.807, 2.05) is 72.5 Å². The summed E-state index contributed by atoms with van der Waals surface area (Å²) in [4.78, 5) is 35.2. The van der Waals surface area contributed by atoms with Crippen molar-refractivity contribution in [1.82, 2.24) is 9.97 Å². The van der Waals surface area contributed by atoms with E-state index in [1.165, 1.54) is 0 Å². The fourth-order valence-electron chi connectivity index (χ4n) is 4.19. The molecule has 5 rings (SSSR count). The molecule has 4 aromatic rings. The lowest BCUT2D eigenvalue weighted by Gasteiger charge is -2.18. The van der Waals surface area contributed by atoms with Gasteiger partial charge in [0.25, 0.3) is 5.56 Å². The number of aromatic nitrogens is 2. The number of para-hydroxylation sites is 1. The fraction of sp³-hybridized carbons (Fsp3) is 0.160. The summed E-state index contributed by atoms with van der Waals surface area (Å²) < 4.78 is 0. The summed E-state index contributed by atoms with van der Waals surface area (Å²) in [6, 6.07) is 23.4. The number of carbonyl (C=O) groups is 1. The lowest BCUT2D eigenvalue weighted by Crippen LogP contribution is -2.29. The molecule has 5 nitrogen and oxygen atoms in total. The van der Waals surface area contributed by atoms with Crippen molar-refractivity contribution in [2.75, 3.05) is 4.90 Å². The van der Waals surface area contributed by atoms with Crippen LogP contribution in [0.2, 0.25) is 0 Å². The zero-order valence-electron chi connectivity index (χ0n) is 16.6. The van der Waals surface area contributed by atoms with Crippen LogP contribution >= 0.6 is 0 Å². The van der Waals surface area contributed by atoms with Crippen molar-refractivity contribution in [1.29, 1.82) is 0 Å². The van der Waals surface area contributed by atoms with Crippen LogP contribution in [0.5, 0.6) is 0 Å². The van der Waals surface area contributed by atoms with E-state index in [0.29, 0.717) is 29.7 Å². The molecule has 0 fully saturated rings. The predicted octanol–water partition coefficient (Wildman–Crippen LogP) is 4.10. The van der Waals surface area contributed by atoms with Crippen molar-refractivity contribution >= 4 is 22.5 Å². The zero-order valence-corrected chi connectivity index (χ0v) is 16.6. The number of hydrogen-bond acceptors (Lipinski definition) is 3. The summed E-state index contributed by atoms with van der Waals surface area (Å²) in [5.74, 6) is 0.203. The van der Waals surface area contributed by atoms with E-state index >= 15 is 0 Å². The van der Waals surface area contributed by atoms with Gasteiger partial charge in [0.2, 0.25) is 5.91 Å².